The molecule has 0 saturated heterocycles. The largest absolute Gasteiger partial charge is 0.493 e. The molecule has 17 heavy (non-hydrogen) atoms. The second-order valence-electron chi connectivity index (χ2n) is 4.87. The molecular weight excluding hydrogens is 236 g/mol. The van der Waals surface area contributed by atoms with Crippen molar-refractivity contribution in [1.29, 1.82) is 0 Å². The molecule has 1 aromatic rings. The number of aliphatic hydroxyl groups excluding tert-OH is 1. The van der Waals surface area contributed by atoms with Crippen LogP contribution in [0.15, 0.2) is 18.2 Å². The lowest BCUT2D eigenvalue weighted by Gasteiger charge is -2.26. The molecule has 0 amide bonds. The molecule has 94 valence electrons. The van der Waals surface area contributed by atoms with Gasteiger partial charge in [-0.3, -0.25) is 0 Å². The summed E-state index contributed by atoms with van der Waals surface area (Å²) in [7, 11) is 0. The highest BCUT2D eigenvalue weighted by atomic mass is 35.5. The van der Waals surface area contributed by atoms with Crippen LogP contribution in [-0.4, -0.2) is 18.3 Å². The van der Waals surface area contributed by atoms with E-state index in [1.807, 2.05) is 25.1 Å². The standard InChI is InChI=1S/C14H19ClO2/c1-10(8-16)13-7-12(15)5-6-14(13)17-9-11-3-2-4-11/h5-7,10-11,16H,2-4,8-9H2,1H3. The molecule has 1 unspecified atom stereocenters. The maximum Gasteiger partial charge on any atom is 0.122 e. The van der Waals surface area contributed by atoms with Gasteiger partial charge in [0, 0.05) is 23.1 Å². The third-order valence-electron chi connectivity index (χ3n) is 3.48. The van der Waals surface area contributed by atoms with Crippen molar-refractivity contribution in [1.82, 2.24) is 0 Å². The number of hydrogen-bond acceptors (Lipinski definition) is 2. The Balaban J connectivity index is 2.07. The Morgan fingerprint density at radius 1 is 1.47 bits per heavy atom. The zero-order valence-electron chi connectivity index (χ0n) is 10.2. The monoisotopic (exact) mass is 254 g/mol. The third kappa shape index (κ3) is 3.14. The van der Waals surface area contributed by atoms with E-state index in [0.717, 1.165) is 17.9 Å². The van der Waals surface area contributed by atoms with E-state index in [1.54, 1.807) is 0 Å². The molecule has 3 heteroatoms. The van der Waals surface area contributed by atoms with E-state index in [9.17, 15) is 5.11 Å². The number of ether oxygens (including phenoxy) is 1. The van der Waals surface area contributed by atoms with Crippen LogP contribution < -0.4 is 4.74 Å². The van der Waals surface area contributed by atoms with Crippen LogP contribution in [0.1, 0.15) is 37.7 Å². The van der Waals surface area contributed by atoms with Crippen LogP contribution >= 0.6 is 11.6 Å². The minimum Gasteiger partial charge on any atom is -0.493 e. The molecule has 1 fully saturated rings. The van der Waals surface area contributed by atoms with E-state index in [1.165, 1.54) is 19.3 Å². The Morgan fingerprint density at radius 2 is 2.24 bits per heavy atom. The van der Waals surface area contributed by atoms with Crippen LogP contribution in [0.4, 0.5) is 0 Å². The second-order valence-corrected chi connectivity index (χ2v) is 5.31. The highest BCUT2D eigenvalue weighted by molar-refractivity contribution is 6.30. The maximum absolute atomic E-state index is 9.24. The number of rotatable bonds is 5. The molecule has 0 aromatic heterocycles. The van der Waals surface area contributed by atoms with Crippen LogP contribution in [0.3, 0.4) is 0 Å². The molecule has 0 heterocycles. The normalized spacial score (nSPS) is 17.6. The average Bonchev–Trinajstić information content (AvgIpc) is 2.27. The molecule has 1 aromatic carbocycles. The zero-order valence-corrected chi connectivity index (χ0v) is 10.9. The summed E-state index contributed by atoms with van der Waals surface area (Å²) >= 11 is 5.98. The maximum atomic E-state index is 9.24. The van der Waals surface area contributed by atoms with Crippen LogP contribution in [0.25, 0.3) is 0 Å². The van der Waals surface area contributed by atoms with E-state index in [2.05, 4.69) is 0 Å². The van der Waals surface area contributed by atoms with Crippen molar-refractivity contribution in [3.8, 4) is 5.75 Å². The Hall–Kier alpha value is -0.730. The molecule has 0 spiro atoms. The summed E-state index contributed by atoms with van der Waals surface area (Å²) in [6, 6.07) is 5.63. The van der Waals surface area contributed by atoms with E-state index in [4.69, 9.17) is 16.3 Å². The first kappa shape index (κ1) is 12.7. The summed E-state index contributed by atoms with van der Waals surface area (Å²) in [4.78, 5) is 0. The van der Waals surface area contributed by atoms with Gasteiger partial charge >= 0.3 is 0 Å². The molecule has 2 rings (SSSR count). The van der Waals surface area contributed by atoms with Crippen molar-refractivity contribution >= 4 is 11.6 Å². The van der Waals surface area contributed by atoms with Crippen molar-refractivity contribution in [2.24, 2.45) is 5.92 Å². The summed E-state index contributed by atoms with van der Waals surface area (Å²) in [6.07, 6.45) is 3.88. The van der Waals surface area contributed by atoms with Crippen molar-refractivity contribution in [3.63, 3.8) is 0 Å². The lowest BCUT2D eigenvalue weighted by atomic mass is 9.86. The predicted octanol–water partition coefficient (Wildman–Crippen LogP) is 3.61. The molecule has 1 saturated carbocycles. The minimum atomic E-state index is 0.0603. The van der Waals surface area contributed by atoms with E-state index in [0.29, 0.717) is 10.9 Å². The highest BCUT2D eigenvalue weighted by Crippen LogP contribution is 2.32. The Kier molecular flexibility index (Phi) is 4.30. The van der Waals surface area contributed by atoms with Crippen LogP contribution in [-0.2, 0) is 0 Å². The Bertz CT molecular complexity index is 374. The lowest BCUT2D eigenvalue weighted by molar-refractivity contribution is 0.177. The summed E-state index contributed by atoms with van der Waals surface area (Å²) < 4.78 is 5.85. The average molecular weight is 255 g/mol. The first-order valence-corrected chi connectivity index (χ1v) is 6.61. The fourth-order valence-electron chi connectivity index (χ4n) is 2.00. The second kappa shape index (κ2) is 5.74. The van der Waals surface area contributed by atoms with Gasteiger partial charge in [0.15, 0.2) is 0 Å². The zero-order chi connectivity index (χ0) is 12.3. The lowest BCUT2D eigenvalue weighted by Crippen LogP contribution is -2.20. The van der Waals surface area contributed by atoms with E-state index >= 15 is 0 Å². The van der Waals surface area contributed by atoms with Gasteiger partial charge in [0.1, 0.15) is 5.75 Å². The highest BCUT2D eigenvalue weighted by Gasteiger charge is 2.19. The fourth-order valence-corrected chi connectivity index (χ4v) is 2.18. The minimum absolute atomic E-state index is 0.0603. The van der Waals surface area contributed by atoms with E-state index in [-0.39, 0.29) is 12.5 Å². The van der Waals surface area contributed by atoms with Crippen LogP contribution in [0.5, 0.6) is 5.75 Å². The van der Waals surface area contributed by atoms with E-state index < -0.39 is 0 Å². The van der Waals surface area contributed by atoms with Gasteiger partial charge in [-0.05, 0) is 37.0 Å². The van der Waals surface area contributed by atoms with Crippen molar-refractivity contribution in [2.75, 3.05) is 13.2 Å². The molecule has 0 radical (unpaired) electrons. The summed E-state index contributed by atoms with van der Waals surface area (Å²) in [5, 5.41) is 9.93. The van der Waals surface area contributed by atoms with Crippen molar-refractivity contribution < 1.29 is 9.84 Å². The van der Waals surface area contributed by atoms with Gasteiger partial charge < -0.3 is 9.84 Å². The Labute approximate surface area is 108 Å². The van der Waals surface area contributed by atoms with Gasteiger partial charge in [-0.15, -0.1) is 0 Å². The van der Waals surface area contributed by atoms with Gasteiger partial charge in [0.2, 0.25) is 0 Å². The molecule has 1 aliphatic rings. The molecule has 1 atom stereocenters. The fraction of sp³-hybridized carbons (Fsp3) is 0.571. The molecule has 0 aliphatic heterocycles. The first-order chi connectivity index (χ1) is 8.20. The van der Waals surface area contributed by atoms with Crippen molar-refractivity contribution in [3.05, 3.63) is 28.8 Å². The smallest absolute Gasteiger partial charge is 0.122 e. The molecule has 1 aliphatic carbocycles. The molecule has 1 N–H and O–H groups in total. The topological polar surface area (TPSA) is 29.5 Å². The summed E-state index contributed by atoms with van der Waals surface area (Å²) in [5.74, 6) is 1.64. The Morgan fingerprint density at radius 3 is 2.82 bits per heavy atom. The van der Waals surface area contributed by atoms with Crippen LogP contribution in [0, 0.1) is 5.92 Å². The number of halogens is 1. The number of hydrogen-bond donors (Lipinski definition) is 1. The number of benzene rings is 1. The van der Waals surface area contributed by atoms with Crippen molar-refractivity contribution in [2.45, 2.75) is 32.1 Å². The molecular formula is C14H19ClO2. The summed E-state index contributed by atoms with van der Waals surface area (Å²) in [5.41, 5.74) is 0.999. The molecule has 2 nitrogen and oxygen atoms in total. The van der Waals surface area contributed by atoms with Gasteiger partial charge in [0.05, 0.1) is 6.61 Å². The van der Waals surface area contributed by atoms with Gasteiger partial charge in [0.25, 0.3) is 0 Å². The van der Waals surface area contributed by atoms with Gasteiger partial charge in [-0.2, -0.15) is 0 Å². The van der Waals surface area contributed by atoms with Crippen LogP contribution in [0.2, 0.25) is 5.02 Å². The first-order valence-electron chi connectivity index (χ1n) is 6.24. The summed E-state index contributed by atoms with van der Waals surface area (Å²) in [6.45, 7) is 2.87. The SMILES string of the molecule is CC(CO)c1cc(Cl)ccc1OCC1CCC1. The van der Waals surface area contributed by atoms with Gasteiger partial charge in [-0.25, -0.2) is 0 Å². The quantitative estimate of drug-likeness (QED) is 0.870. The third-order valence-corrected chi connectivity index (χ3v) is 3.71. The number of aliphatic hydroxyl groups is 1. The van der Waals surface area contributed by atoms with Gasteiger partial charge in [-0.1, -0.05) is 24.9 Å². The predicted molar refractivity (Wildman–Crippen MR) is 69.8 cm³/mol. The molecule has 0 bridgehead atoms.